The van der Waals surface area contributed by atoms with E-state index >= 15 is 0 Å². The highest BCUT2D eigenvalue weighted by atomic mass is 35.5. The molecular weight excluding hydrogens is 636 g/mol. The molecule has 2 aliphatic rings. The van der Waals surface area contributed by atoms with Crippen LogP contribution < -0.4 is 5.32 Å². The number of hydrogen-bond acceptors (Lipinski definition) is 7. The van der Waals surface area contributed by atoms with Gasteiger partial charge in [0.1, 0.15) is 0 Å². The van der Waals surface area contributed by atoms with E-state index in [9.17, 15) is 10.2 Å². The Morgan fingerprint density at radius 1 is 0.978 bits per heavy atom. The lowest BCUT2D eigenvalue weighted by atomic mass is 9.95. The molecule has 5 aromatic rings. The van der Waals surface area contributed by atoms with Gasteiger partial charge in [0.25, 0.3) is 0 Å². The van der Waals surface area contributed by atoms with Gasteiger partial charge >= 0.3 is 0 Å². The van der Waals surface area contributed by atoms with Crippen LogP contribution in [0.4, 0.5) is 5.69 Å². The van der Waals surface area contributed by atoms with Crippen molar-refractivity contribution in [3.8, 4) is 11.1 Å². The zero-order valence-electron chi connectivity index (χ0n) is 26.6. The van der Waals surface area contributed by atoms with E-state index in [-0.39, 0.29) is 0 Å². The first-order valence-corrected chi connectivity index (χ1v) is 18.2. The second-order valence-corrected chi connectivity index (χ2v) is 14.6. The quantitative estimate of drug-likeness (QED) is 0.161. The lowest BCUT2D eigenvalue weighted by molar-refractivity contribution is -0.0481. The summed E-state index contributed by atoms with van der Waals surface area (Å²) in [4.78, 5) is 1.25. The minimum Gasteiger partial charge on any atom is -0.385 e. The van der Waals surface area contributed by atoms with Gasteiger partial charge < -0.3 is 20.1 Å². The van der Waals surface area contributed by atoms with Crippen LogP contribution >= 0.6 is 35.1 Å². The Hall–Kier alpha value is -3.15. The van der Waals surface area contributed by atoms with E-state index in [0.29, 0.717) is 22.9 Å². The molecule has 0 radical (unpaired) electrons. The van der Waals surface area contributed by atoms with Crippen LogP contribution in [0, 0.1) is 6.92 Å². The third-order valence-electron chi connectivity index (χ3n) is 9.29. The molecule has 11 heteroatoms. The molecule has 4 heterocycles. The summed E-state index contributed by atoms with van der Waals surface area (Å²) in [6, 6.07) is 10.8. The van der Waals surface area contributed by atoms with Gasteiger partial charge in [0.15, 0.2) is 6.29 Å². The molecule has 0 atom stereocenters. The lowest BCUT2D eigenvalue weighted by Gasteiger charge is -2.19. The molecule has 0 fully saturated rings. The van der Waals surface area contributed by atoms with Gasteiger partial charge in [0, 0.05) is 89.0 Å². The second-order valence-electron chi connectivity index (χ2n) is 12.2. The number of thioether (sulfide) groups is 2. The number of allylic oxidation sites excluding steroid dienone is 1. The van der Waals surface area contributed by atoms with Crippen molar-refractivity contribution in [3.63, 3.8) is 0 Å². The molecule has 46 heavy (non-hydrogen) atoms. The molecule has 3 aromatic heterocycles. The van der Waals surface area contributed by atoms with Crippen molar-refractivity contribution in [1.82, 2.24) is 24.1 Å². The fourth-order valence-corrected chi connectivity index (χ4v) is 9.09. The maximum atomic E-state index is 10.6. The molecule has 7 rings (SSSR count). The molecular formula is C35H39ClN6O2S2. The number of benzene rings is 2. The Kier molecular flexibility index (Phi) is 8.75. The Morgan fingerprint density at radius 3 is 2.65 bits per heavy atom. The van der Waals surface area contributed by atoms with Crippen LogP contribution in [-0.4, -0.2) is 40.9 Å². The SMILES string of the molecule is Cc1c2c(nn1C)CSCc1cc(n(C)n1)CSc1cc3c(c(c1)NCCCc1c(C(O)O)n(C)c4c-2c(Cl)ccc14)C=CCC3. The van der Waals surface area contributed by atoms with Gasteiger partial charge in [-0.1, -0.05) is 29.8 Å². The zero-order chi connectivity index (χ0) is 32.1. The summed E-state index contributed by atoms with van der Waals surface area (Å²) in [6.45, 7) is 2.82. The minimum absolute atomic E-state index is 0.503. The predicted molar refractivity (Wildman–Crippen MR) is 190 cm³/mol. The van der Waals surface area contributed by atoms with E-state index in [1.54, 1.807) is 11.8 Å². The highest BCUT2D eigenvalue weighted by molar-refractivity contribution is 7.98. The van der Waals surface area contributed by atoms with Crippen molar-refractivity contribution in [3.05, 3.63) is 86.6 Å². The maximum absolute atomic E-state index is 10.6. The summed E-state index contributed by atoms with van der Waals surface area (Å²) in [6.07, 6.45) is 6.48. The number of aryl methyl sites for hydroxylation is 5. The summed E-state index contributed by atoms with van der Waals surface area (Å²) in [5.41, 5.74) is 12.2. The van der Waals surface area contributed by atoms with Crippen LogP contribution in [0.15, 0.2) is 41.3 Å². The number of hydrogen-bond donors (Lipinski definition) is 3. The molecule has 2 aromatic carbocycles. The van der Waals surface area contributed by atoms with Gasteiger partial charge in [0.2, 0.25) is 0 Å². The molecule has 0 saturated carbocycles. The Balaban J connectivity index is 1.34. The van der Waals surface area contributed by atoms with Crippen LogP contribution in [0.1, 0.15) is 64.3 Å². The topological polar surface area (TPSA) is 93.1 Å². The molecule has 8 nitrogen and oxygen atoms in total. The van der Waals surface area contributed by atoms with Gasteiger partial charge in [-0.05, 0) is 68.0 Å². The zero-order valence-corrected chi connectivity index (χ0v) is 29.0. The van der Waals surface area contributed by atoms with Crippen molar-refractivity contribution >= 4 is 57.8 Å². The van der Waals surface area contributed by atoms with Crippen molar-refractivity contribution in [2.45, 2.75) is 61.1 Å². The van der Waals surface area contributed by atoms with Crippen molar-refractivity contribution in [1.29, 1.82) is 0 Å². The average Bonchev–Trinajstić information content (AvgIpc) is 3.63. The van der Waals surface area contributed by atoms with Gasteiger partial charge in [-0.25, -0.2) is 0 Å². The predicted octanol–water partition coefficient (Wildman–Crippen LogP) is 7.30. The number of nitrogens with zero attached hydrogens (tertiary/aromatic N) is 5. The summed E-state index contributed by atoms with van der Waals surface area (Å²) in [7, 11) is 5.89. The molecule has 0 unspecified atom stereocenters. The maximum Gasteiger partial charge on any atom is 0.194 e. The van der Waals surface area contributed by atoms with Crippen molar-refractivity contribution < 1.29 is 10.2 Å². The number of nitrogens with one attached hydrogen (secondary N) is 1. The molecule has 8 bridgehead atoms. The molecule has 1 aliphatic carbocycles. The third kappa shape index (κ3) is 5.68. The van der Waals surface area contributed by atoms with Gasteiger partial charge in [-0.3, -0.25) is 9.36 Å². The highest BCUT2D eigenvalue weighted by Gasteiger charge is 2.27. The Bertz CT molecular complexity index is 1990. The Labute approximate surface area is 282 Å². The van der Waals surface area contributed by atoms with Crippen LogP contribution in [-0.2, 0) is 51.2 Å². The second kappa shape index (κ2) is 12.8. The van der Waals surface area contributed by atoms with Gasteiger partial charge in [-0.15, -0.1) is 23.5 Å². The average molecular weight is 675 g/mol. The summed E-state index contributed by atoms with van der Waals surface area (Å²) in [5, 5.41) is 36.4. The van der Waals surface area contributed by atoms with Crippen LogP contribution in [0.25, 0.3) is 28.1 Å². The first-order chi connectivity index (χ1) is 22.2. The van der Waals surface area contributed by atoms with E-state index in [1.165, 1.54) is 21.7 Å². The number of halogens is 1. The van der Waals surface area contributed by atoms with Crippen molar-refractivity contribution in [2.24, 2.45) is 21.1 Å². The summed E-state index contributed by atoms with van der Waals surface area (Å²) < 4.78 is 5.83. The van der Waals surface area contributed by atoms with Crippen LogP contribution in [0.2, 0.25) is 5.02 Å². The number of fused-ring (bicyclic) bond motifs is 8. The van der Waals surface area contributed by atoms with E-state index < -0.39 is 6.29 Å². The Morgan fingerprint density at radius 2 is 1.83 bits per heavy atom. The van der Waals surface area contributed by atoms with E-state index in [1.807, 2.05) is 59.0 Å². The normalized spacial score (nSPS) is 15.6. The number of aliphatic hydroxyl groups is 2. The molecule has 3 N–H and O–H groups in total. The highest BCUT2D eigenvalue weighted by Crippen LogP contribution is 2.43. The number of anilines is 1. The van der Waals surface area contributed by atoms with E-state index in [2.05, 4.69) is 42.6 Å². The lowest BCUT2D eigenvalue weighted by Crippen LogP contribution is -2.09. The smallest absolute Gasteiger partial charge is 0.194 e. The third-order valence-corrected chi connectivity index (χ3v) is 11.6. The molecule has 0 spiro atoms. The van der Waals surface area contributed by atoms with Crippen LogP contribution in [0.3, 0.4) is 0 Å². The molecule has 240 valence electrons. The monoisotopic (exact) mass is 674 g/mol. The first-order valence-electron chi connectivity index (χ1n) is 15.7. The van der Waals surface area contributed by atoms with Crippen molar-refractivity contribution in [2.75, 3.05) is 11.9 Å². The number of aromatic nitrogens is 5. The van der Waals surface area contributed by atoms with Gasteiger partial charge in [-0.2, -0.15) is 10.2 Å². The van der Waals surface area contributed by atoms with E-state index in [0.717, 1.165) is 87.7 Å². The minimum atomic E-state index is -1.61. The largest absolute Gasteiger partial charge is 0.385 e. The summed E-state index contributed by atoms with van der Waals surface area (Å²) in [5.74, 6) is 2.30. The first kappa shape index (κ1) is 31.4. The molecule has 0 saturated heterocycles. The molecule has 0 amide bonds. The van der Waals surface area contributed by atoms with Crippen LogP contribution in [0.5, 0.6) is 0 Å². The molecule has 1 aliphatic heterocycles. The fourth-order valence-electron chi connectivity index (χ4n) is 6.98. The standard InChI is InChI=1S/C35H39ClN6O2S2/c1-20-31-30(39-41(20)3)19-45-17-22-15-23(42(4)38-22)18-46-24-14-21-8-5-6-9-25(21)29(16-24)37-13-7-10-26-27-11-12-28(36)32(31)33(27)40(2)34(26)35(43)44/h6,9,11-12,14-16,35,37,43-44H,5,7-8,10,13,17-19H2,1-4H3. The number of rotatable bonds is 1. The summed E-state index contributed by atoms with van der Waals surface area (Å²) >= 11 is 10.7. The number of aliphatic hydroxyl groups excluding tert-OH is 1. The fraction of sp³-hybridized carbons (Fsp3) is 0.371. The van der Waals surface area contributed by atoms with Gasteiger partial charge in [0.05, 0.1) is 27.6 Å². The van der Waals surface area contributed by atoms with E-state index in [4.69, 9.17) is 21.8 Å².